The van der Waals surface area contributed by atoms with Crippen LogP contribution >= 0.6 is 0 Å². The molecule has 2 atom stereocenters. The summed E-state index contributed by atoms with van der Waals surface area (Å²) in [6.45, 7) is 6.73. The fourth-order valence-electron chi connectivity index (χ4n) is 2.86. The minimum atomic E-state index is 0.628. The molecule has 1 aromatic rings. The molecule has 0 radical (unpaired) electrons. The predicted octanol–water partition coefficient (Wildman–Crippen LogP) is 2.57. The van der Waals surface area contributed by atoms with Crippen LogP contribution in [-0.4, -0.2) is 23.6 Å². The maximum absolute atomic E-state index is 4.63. The number of rotatable bonds is 4. The molecule has 18 heavy (non-hydrogen) atoms. The van der Waals surface area contributed by atoms with Crippen LogP contribution in [0, 0.1) is 5.92 Å². The van der Waals surface area contributed by atoms with E-state index < -0.39 is 0 Å². The van der Waals surface area contributed by atoms with Crippen molar-refractivity contribution in [1.29, 1.82) is 0 Å². The first-order valence-corrected chi connectivity index (χ1v) is 7.17. The third-order valence-corrected chi connectivity index (χ3v) is 4.06. The van der Waals surface area contributed by atoms with Crippen molar-refractivity contribution in [3.8, 4) is 0 Å². The molecule has 0 spiro atoms. The highest BCUT2D eigenvalue weighted by molar-refractivity contribution is 5.41. The van der Waals surface area contributed by atoms with E-state index in [0.717, 1.165) is 30.9 Å². The number of aromatic nitrogens is 1. The molecule has 1 aliphatic heterocycles. The molecular weight excluding hydrogens is 222 g/mol. The summed E-state index contributed by atoms with van der Waals surface area (Å²) in [5.41, 5.74) is 1.30. The maximum atomic E-state index is 4.63. The van der Waals surface area contributed by atoms with E-state index in [1.165, 1.54) is 24.8 Å². The van der Waals surface area contributed by atoms with Crippen LogP contribution in [0.2, 0.25) is 0 Å². The zero-order chi connectivity index (χ0) is 12.5. The quantitative estimate of drug-likeness (QED) is 0.883. The number of nitrogens with one attached hydrogen (secondary N) is 1. The predicted molar refractivity (Wildman–Crippen MR) is 74.7 cm³/mol. The molecule has 2 heterocycles. The van der Waals surface area contributed by atoms with Gasteiger partial charge in [-0.15, -0.1) is 0 Å². The van der Waals surface area contributed by atoms with Crippen LogP contribution in [0.25, 0.3) is 0 Å². The summed E-state index contributed by atoms with van der Waals surface area (Å²) < 4.78 is 0. The Balaban J connectivity index is 1.62. The van der Waals surface area contributed by atoms with Gasteiger partial charge >= 0.3 is 0 Å². The highest BCUT2D eigenvalue weighted by Gasteiger charge is 2.26. The van der Waals surface area contributed by atoms with Crippen molar-refractivity contribution in [2.75, 3.05) is 11.4 Å². The van der Waals surface area contributed by atoms with Crippen LogP contribution in [0.15, 0.2) is 18.3 Å². The second kappa shape index (κ2) is 4.88. The van der Waals surface area contributed by atoms with E-state index in [2.05, 4.69) is 41.2 Å². The van der Waals surface area contributed by atoms with Crippen molar-refractivity contribution >= 4 is 5.82 Å². The minimum absolute atomic E-state index is 0.628. The van der Waals surface area contributed by atoms with Gasteiger partial charge in [0.25, 0.3) is 0 Å². The first-order chi connectivity index (χ1) is 8.72. The lowest BCUT2D eigenvalue weighted by molar-refractivity contribution is 0.625. The number of pyridine rings is 1. The second-order valence-corrected chi connectivity index (χ2v) is 6.02. The lowest BCUT2D eigenvalue weighted by Crippen LogP contribution is -2.27. The Morgan fingerprint density at radius 3 is 2.72 bits per heavy atom. The topological polar surface area (TPSA) is 28.2 Å². The molecule has 2 aliphatic rings. The highest BCUT2D eigenvalue weighted by atomic mass is 15.2. The van der Waals surface area contributed by atoms with Crippen LogP contribution < -0.4 is 10.2 Å². The van der Waals surface area contributed by atoms with Crippen molar-refractivity contribution in [2.24, 2.45) is 5.92 Å². The molecule has 1 saturated heterocycles. The van der Waals surface area contributed by atoms with Gasteiger partial charge in [0.05, 0.1) is 0 Å². The average molecular weight is 245 g/mol. The van der Waals surface area contributed by atoms with Crippen LogP contribution in [0.5, 0.6) is 0 Å². The van der Waals surface area contributed by atoms with E-state index in [4.69, 9.17) is 0 Å². The zero-order valence-corrected chi connectivity index (χ0v) is 11.4. The Labute approximate surface area is 110 Å². The summed E-state index contributed by atoms with van der Waals surface area (Å²) in [6.07, 6.45) is 6.00. The van der Waals surface area contributed by atoms with Gasteiger partial charge in [0.1, 0.15) is 5.82 Å². The molecule has 3 nitrogen and oxygen atoms in total. The highest BCUT2D eigenvalue weighted by Crippen LogP contribution is 2.27. The van der Waals surface area contributed by atoms with E-state index in [-0.39, 0.29) is 0 Å². The number of hydrogen-bond acceptors (Lipinski definition) is 3. The molecule has 1 aliphatic carbocycles. The van der Waals surface area contributed by atoms with Gasteiger partial charge in [0.2, 0.25) is 0 Å². The summed E-state index contributed by atoms with van der Waals surface area (Å²) in [7, 11) is 0. The van der Waals surface area contributed by atoms with Crippen molar-refractivity contribution in [3.05, 3.63) is 23.9 Å². The monoisotopic (exact) mass is 245 g/mol. The standard InChI is InChI=1S/C15H23N3/c1-11-7-12(2)18(10-11)15-6-3-13(9-17-15)8-16-14-4-5-14/h3,6,9,11-12,14,16H,4-5,7-8,10H2,1-2H3. The van der Waals surface area contributed by atoms with E-state index in [9.17, 15) is 0 Å². The zero-order valence-electron chi connectivity index (χ0n) is 11.4. The Morgan fingerprint density at radius 1 is 1.33 bits per heavy atom. The van der Waals surface area contributed by atoms with Crippen molar-refractivity contribution in [1.82, 2.24) is 10.3 Å². The average Bonchev–Trinajstić information content (AvgIpc) is 3.13. The third kappa shape index (κ3) is 2.66. The minimum Gasteiger partial charge on any atom is -0.354 e. The van der Waals surface area contributed by atoms with Crippen LogP contribution in [0.1, 0.15) is 38.7 Å². The molecule has 1 aromatic heterocycles. The lowest BCUT2D eigenvalue weighted by atomic mass is 10.1. The normalized spacial score (nSPS) is 27.8. The molecule has 1 N–H and O–H groups in total. The maximum Gasteiger partial charge on any atom is 0.128 e. The third-order valence-electron chi connectivity index (χ3n) is 4.06. The first-order valence-electron chi connectivity index (χ1n) is 7.17. The van der Waals surface area contributed by atoms with E-state index in [0.29, 0.717) is 6.04 Å². The first kappa shape index (κ1) is 12.0. The molecule has 98 valence electrons. The molecule has 3 rings (SSSR count). The molecule has 2 unspecified atom stereocenters. The summed E-state index contributed by atoms with van der Waals surface area (Å²) in [4.78, 5) is 7.06. The number of nitrogens with zero attached hydrogens (tertiary/aromatic N) is 2. The summed E-state index contributed by atoms with van der Waals surface area (Å²) in [5, 5.41) is 3.52. The van der Waals surface area contributed by atoms with Crippen molar-refractivity contribution in [3.63, 3.8) is 0 Å². The lowest BCUT2D eigenvalue weighted by Gasteiger charge is -2.22. The number of hydrogen-bond donors (Lipinski definition) is 1. The van der Waals surface area contributed by atoms with E-state index in [1.807, 2.05) is 6.20 Å². The Bertz CT molecular complexity index is 397. The summed E-state index contributed by atoms with van der Waals surface area (Å²) in [6, 6.07) is 5.79. The number of anilines is 1. The van der Waals surface area contributed by atoms with Crippen LogP contribution in [0.4, 0.5) is 5.82 Å². The second-order valence-electron chi connectivity index (χ2n) is 6.02. The molecule has 2 fully saturated rings. The van der Waals surface area contributed by atoms with Gasteiger partial charge in [-0.2, -0.15) is 0 Å². The largest absolute Gasteiger partial charge is 0.354 e. The van der Waals surface area contributed by atoms with Gasteiger partial charge in [0, 0.05) is 31.4 Å². The summed E-state index contributed by atoms with van der Waals surface area (Å²) >= 11 is 0. The Morgan fingerprint density at radius 2 is 2.17 bits per heavy atom. The fourth-order valence-corrected chi connectivity index (χ4v) is 2.86. The molecule has 0 aromatic carbocycles. The van der Waals surface area contributed by atoms with E-state index in [1.54, 1.807) is 0 Å². The molecule has 0 bridgehead atoms. The van der Waals surface area contributed by atoms with Crippen LogP contribution in [-0.2, 0) is 6.54 Å². The van der Waals surface area contributed by atoms with Gasteiger partial charge in [0.15, 0.2) is 0 Å². The molecule has 0 amide bonds. The van der Waals surface area contributed by atoms with Crippen LogP contribution in [0.3, 0.4) is 0 Å². The molecule has 1 saturated carbocycles. The van der Waals surface area contributed by atoms with Gasteiger partial charge < -0.3 is 10.2 Å². The Kier molecular flexibility index (Phi) is 3.25. The smallest absolute Gasteiger partial charge is 0.128 e. The summed E-state index contributed by atoms with van der Waals surface area (Å²) in [5.74, 6) is 1.93. The van der Waals surface area contributed by atoms with Crippen molar-refractivity contribution in [2.45, 2.75) is 51.7 Å². The van der Waals surface area contributed by atoms with Gasteiger partial charge in [-0.3, -0.25) is 0 Å². The molecular formula is C15H23N3. The van der Waals surface area contributed by atoms with Gasteiger partial charge in [-0.1, -0.05) is 13.0 Å². The molecule has 3 heteroatoms. The van der Waals surface area contributed by atoms with Gasteiger partial charge in [-0.05, 0) is 43.7 Å². The SMILES string of the molecule is CC1CC(C)N(c2ccc(CNC3CC3)cn2)C1. The Hall–Kier alpha value is -1.09. The van der Waals surface area contributed by atoms with Gasteiger partial charge in [-0.25, -0.2) is 4.98 Å². The van der Waals surface area contributed by atoms with E-state index >= 15 is 0 Å². The van der Waals surface area contributed by atoms with Crippen molar-refractivity contribution < 1.29 is 0 Å². The fraction of sp³-hybridized carbons (Fsp3) is 0.667.